The smallest absolute Gasteiger partial charge is 0.251 e. The number of hydrogen-bond donors (Lipinski definition) is 2. The molecule has 0 aliphatic carbocycles. The van der Waals surface area contributed by atoms with Crippen molar-refractivity contribution in [2.45, 2.75) is 6.54 Å². The van der Waals surface area contributed by atoms with Crippen LogP contribution in [0.25, 0.3) is 0 Å². The zero-order chi connectivity index (χ0) is 13.0. The van der Waals surface area contributed by atoms with Crippen molar-refractivity contribution in [3.8, 4) is 0 Å². The Balaban J connectivity index is 2.04. The summed E-state index contributed by atoms with van der Waals surface area (Å²) in [5.41, 5.74) is 6.73. The van der Waals surface area contributed by atoms with Crippen LogP contribution in [0.3, 0.4) is 0 Å². The number of amides is 2. The predicted molar refractivity (Wildman–Crippen MR) is 64.8 cm³/mol. The Morgan fingerprint density at radius 1 is 1.22 bits per heavy atom. The summed E-state index contributed by atoms with van der Waals surface area (Å²) in [6.45, 7) is 0.371. The van der Waals surface area contributed by atoms with Gasteiger partial charge >= 0.3 is 0 Å². The molecule has 2 aromatic rings. The fourth-order valence-electron chi connectivity index (χ4n) is 1.49. The summed E-state index contributed by atoms with van der Waals surface area (Å²) >= 11 is 0. The Morgan fingerprint density at radius 3 is 2.67 bits per heavy atom. The molecule has 5 heteroatoms. The van der Waals surface area contributed by atoms with Gasteiger partial charge in [0.2, 0.25) is 5.91 Å². The molecule has 0 unspecified atom stereocenters. The van der Waals surface area contributed by atoms with Crippen LogP contribution >= 0.6 is 0 Å². The number of benzene rings is 1. The quantitative estimate of drug-likeness (QED) is 0.850. The lowest BCUT2D eigenvalue weighted by Gasteiger charge is -2.04. The maximum atomic E-state index is 11.8. The standard InChI is InChI=1S/C13H12N2O3/c14-12(16)10-2-1-3-11(6-10)13(17)15-7-9-4-5-18-8-9/h1-6,8H,7H2,(H2,14,16)(H,15,17). The van der Waals surface area contributed by atoms with Gasteiger partial charge in [-0.1, -0.05) is 6.07 Å². The Bertz CT molecular complexity index is 561. The Labute approximate surface area is 104 Å². The first-order chi connectivity index (χ1) is 8.66. The molecule has 1 aromatic carbocycles. The molecule has 18 heavy (non-hydrogen) atoms. The van der Waals surface area contributed by atoms with Crippen molar-refractivity contribution in [3.05, 3.63) is 59.5 Å². The SMILES string of the molecule is NC(=O)c1cccc(C(=O)NCc2ccoc2)c1. The Kier molecular flexibility index (Phi) is 3.43. The van der Waals surface area contributed by atoms with Crippen LogP contribution in [0.4, 0.5) is 0 Å². The van der Waals surface area contributed by atoms with Gasteiger partial charge < -0.3 is 15.5 Å². The van der Waals surface area contributed by atoms with Gasteiger partial charge in [0.05, 0.1) is 12.5 Å². The molecule has 92 valence electrons. The number of nitrogens with one attached hydrogen (secondary N) is 1. The molecule has 1 aromatic heterocycles. The Morgan fingerprint density at radius 2 is 2.00 bits per heavy atom. The lowest BCUT2D eigenvalue weighted by atomic mass is 10.1. The second-order valence-electron chi connectivity index (χ2n) is 3.76. The highest BCUT2D eigenvalue weighted by Crippen LogP contribution is 2.05. The average molecular weight is 244 g/mol. The number of rotatable bonds is 4. The molecule has 0 spiro atoms. The maximum absolute atomic E-state index is 11.8. The molecule has 0 bridgehead atoms. The summed E-state index contributed by atoms with van der Waals surface area (Å²) in [5, 5.41) is 2.72. The van der Waals surface area contributed by atoms with Gasteiger partial charge in [0.15, 0.2) is 0 Å². The van der Waals surface area contributed by atoms with Crippen LogP contribution in [0.2, 0.25) is 0 Å². The zero-order valence-corrected chi connectivity index (χ0v) is 9.55. The molecule has 0 aliphatic rings. The van der Waals surface area contributed by atoms with Crippen LogP contribution in [-0.4, -0.2) is 11.8 Å². The van der Waals surface area contributed by atoms with Gasteiger partial charge in [-0.05, 0) is 24.3 Å². The minimum absolute atomic E-state index is 0.265. The maximum Gasteiger partial charge on any atom is 0.251 e. The fraction of sp³-hybridized carbons (Fsp3) is 0.0769. The van der Waals surface area contributed by atoms with E-state index in [1.165, 1.54) is 12.3 Å². The summed E-state index contributed by atoms with van der Waals surface area (Å²) in [5.74, 6) is -0.821. The molecule has 0 atom stereocenters. The third-order valence-electron chi connectivity index (χ3n) is 2.44. The van der Waals surface area contributed by atoms with Gasteiger partial charge in [0.25, 0.3) is 5.91 Å². The monoisotopic (exact) mass is 244 g/mol. The van der Waals surface area contributed by atoms with Gasteiger partial charge in [-0.3, -0.25) is 9.59 Å². The first-order valence-corrected chi connectivity index (χ1v) is 5.36. The van der Waals surface area contributed by atoms with Crippen molar-refractivity contribution in [1.29, 1.82) is 0 Å². The van der Waals surface area contributed by atoms with E-state index >= 15 is 0 Å². The summed E-state index contributed by atoms with van der Waals surface area (Å²) in [6.07, 6.45) is 3.09. The molecule has 2 rings (SSSR count). The van der Waals surface area contributed by atoms with Crippen LogP contribution < -0.4 is 11.1 Å². The molecule has 2 amide bonds. The average Bonchev–Trinajstić information content (AvgIpc) is 2.89. The zero-order valence-electron chi connectivity index (χ0n) is 9.55. The molecule has 1 heterocycles. The van der Waals surface area contributed by atoms with E-state index in [9.17, 15) is 9.59 Å². The first kappa shape index (κ1) is 11.9. The van der Waals surface area contributed by atoms with E-state index in [1.807, 2.05) is 0 Å². The van der Waals surface area contributed by atoms with E-state index in [4.69, 9.17) is 10.2 Å². The third-order valence-corrected chi connectivity index (χ3v) is 2.44. The topological polar surface area (TPSA) is 85.3 Å². The van der Waals surface area contributed by atoms with E-state index in [0.717, 1.165) is 5.56 Å². The highest BCUT2D eigenvalue weighted by Gasteiger charge is 2.08. The van der Waals surface area contributed by atoms with Crippen LogP contribution in [0.15, 0.2) is 47.3 Å². The van der Waals surface area contributed by atoms with Gasteiger partial charge in [-0.25, -0.2) is 0 Å². The summed E-state index contributed by atoms with van der Waals surface area (Å²) < 4.78 is 4.89. The highest BCUT2D eigenvalue weighted by molar-refractivity contribution is 5.99. The van der Waals surface area contributed by atoms with Crippen molar-refractivity contribution in [3.63, 3.8) is 0 Å². The van der Waals surface area contributed by atoms with Crippen molar-refractivity contribution in [1.82, 2.24) is 5.32 Å². The number of hydrogen-bond acceptors (Lipinski definition) is 3. The van der Waals surface area contributed by atoms with Gasteiger partial charge in [0, 0.05) is 23.2 Å². The summed E-state index contributed by atoms with van der Waals surface area (Å²) in [6, 6.07) is 8.03. The van der Waals surface area contributed by atoms with E-state index < -0.39 is 5.91 Å². The number of nitrogens with two attached hydrogens (primary N) is 1. The summed E-state index contributed by atoms with van der Waals surface area (Å²) in [7, 11) is 0. The minimum atomic E-state index is -0.556. The lowest BCUT2D eigenvalue weighted by molar-refractivity contribution is 0.0951. The van der Waals surface area contributed by atoms with Crippen LogP contribution in [0, 0.1) is 0 Å². The second kappa shape index (κ2) is 5.18. The lowest BCUT2D eigenvalue weighted by Crippen LogP contribution is -2.23. The van der Waals surface area contributed by atoms with Crippen molar-refractivity contribution in [2.24, 2.45) is 5.73 Å². The van der Waals surface area contributed by atoms with Crippen molar-refractivity contribution >= 4 is 11.8 Å². The van der Waals surface area contributed by atoms with Gasteiger partial charge in [-0.2, -0.15) is 0 Å². The third kappa shape index (κ3) is 2.76. The van der Waals surface area contributed by atoms with E-state index in [1.54, 1.807) is 30.5 Å². The summed E-state index contributed by atoms with van der Waals surface area (Å²) in [4.78, 5) is 22.8. The van der Waals surface area contributed by atoms with E-state index in [2.05, 4.69) is 5.32 Å². The second-order valence-corrected chi connectivity index (χ2v) is 3.76. The molecular weight excluding hydrogens is 232 g/mol. The van der Waals surface area contributed by atoms with Crippen LogP contribution in [0.1, 0.15) is 26.3 Å². The molecule has 5 nitrogen and oxygen atoms in total. The van der Waals surface area contributed by atoms with Crippen LogP contribution in [0.5, 0.6) is 0 Å². The molecular formula is C13H12N2O3. The number of carbonyl (C=O) groups is 2. The van der Waals surface area contributed by atoms with Crippen LogP contribution in [-0.2, 0) is 6.54 Å². The molecule has 3 N–H and O–H groups in total. The number of carbonyl (C=O) groups excluding carboxylic acids is 2. The first-order valence-electron chi connectivity index (χ1n) is 5.36. The molecule has 0 fully saturated rings. The molecule has 0 saturated heterocycles. The predicted octanol–water partition coefficient (Wildman–Crippen LogP) is 1.31. The Hall–Kier alpha value is -2.56. The van der Waals surface area contributed by atoms with Crippen molar-refractivity contribution in [2.75, 3.05) is 0 Å². The molecule has 0 radical (unpaired) electrons. The largest absolute Gasteiger partial charge is 0.472 e. The normalized spacial score (nSPS) is 10.0. The number of furan rings is 1. The number of primary amides is 1. The van der Waals surface area contributed by atoms with Crippen molar-refractivity contribution < 1.29 is 14.0 Å². The molecule has 0 aliphatic heterocycles. The van der Waals surface area contributed by atoms with Gasteiger partial charge in [-0.15, -0.1) is 0 Å². The fourth-order valence-corrected chi connectivity index (χ4v) is 1.49. The minimum Gasteiger partial charge on any atom is -0.472 e. The van der Waals surface area contributed by atoms with E-state index in [0.29, 0.717) is 17.7 Å². The van der Waals surface area contributed by atoms with Gasteiger partial charge in [0.1, 0.15) is 0 Å². The molecule has 0 saturated carbocycles. The highest BCUT2D eigenvalue weighted by atomic mass is 16.3. The van der Waals surface area contributed by atoms with E-state index in [-0.39, 0.29) is 5.91 Å².